The molecule has 2 aromatic rings. The second-order valence-corrected chi connectivity index (χ2v) is 11.3. The Morgan fingerprint density at radius 1 is 0.694 bits per heavy atom. The number of unbranched alkanes of at least 4 members (excludes halogenated alkanes) is 2. The molecule has 2 aliphatic rings. The van der Waals surface area contributed by atoms with Gasteiger partial charge in [-0.1, -0.05) is 30.7 Å². The van der Waals surface area contributed by atoms with Crippen molar-refractivity contribution in [2.45, 2.75) is 44.6 Å². The summed E-state index contributed by atoms with van der Waals surface area (Å²) in [5.74, 6) is -1.87. The second-order valence-electron chi connectivity index (χ2n) is 11.3. The van der Waals surface area contributed by atoms with Gasteiger partial charge in [0, 0.05) is 19.4 Å². The fraction of sp³-hybridized carbons (Fsp3) is 0.514. The number of amides is 5. The highest BCUT2D eigenvalue weighted by molar-refractivity contribution is 6.26. The summed E-state index contributed by atoms with van der Waals surface area (Å²) in [6, 6.07) is 13.1. The van der Waals surface area contributed by atoms with Gasteiger partial charge in [-0.2, -0.15) is 0 Å². The van der Waals surface area contributed by atoms with Crippen LogP contribution in [0, 0.1) is 0 Å². The van der Waals surface area contributed by atoms with Crippen LogP contribution in [0.4, 0.5) is 5.69 Å². The number of carbonyl (C=O) groups is 5. The van der Waals surface area contributed by atoms with Crippen molar-refractivity contribution in [1.82, 2.24) is 10.2 Å². The number of nitrogens with one attached hydrogen (secondary N) is 2. The van der Waals surface area contributed by atoms with Crippen LogP contribution in [-0.2, 0) is 38.1 Å². The number of imide groups is 2. The second kappa shape index (κ2) is 21.0. The normalized spacial score (nSPS) is 15.8. The number of carbonyl (C=O) groups excluding carboxylic acids is 5. The first-order valence-electron chi connectivity index (χ1n) is 16.7. The summed E-state index contributed by atoms with van der Waals surface area (Å²) in [5.41, 5.74) is 0.395. The molecule has 14 nitrogen and oxygen atoms in total. The zero-order valence-electron chi connectivity index (χ0n) is 27.7. The summed E-state index contributed by atoms with van der Waals surface area (Å²) in [6.07, 6.45) is 2.49. The SMILES string of the molecule is O=C1CCC(N2C(=O)c3cccc(NC(=O)CCCCCOCCOCCOCCOCCOCCOc4ccccc4)c3C2=O)C(=O)N1. The topological polar surface area (TPSA) is 168 Å². The minimum Gasteiger partial charge on any atom is -0.491 e. The Balaban J connectivity index is 0.938. The molecule has 0 spiro atoms. The van der Waals surface area contributed by atoms with E-state index in [9.17, 15) is 24.0 Å². The van der Waals surface area contributed by atoms with Crippen molar-refractivity contribution in [3.05, 3.63) is 59.7 Å². The molecule has 2 heterocycles. The molecule has 0 saturated carbocycles. The molecule has 14 heteroatoms. The third kappa shape index (κ3) is 12.3. The van der Waals surface area contributed by atoms with Gasteiger partial charge in [-0.05, 0) is 43.5 Å². The van der Waals surface area contributed by atoms with Crippen LogP contribution in [0.3, 0.4) is 0 Å². The number of rotatable bonds is 24. The average Bonchev–Trinajstić information content (AvgIpc) is 3.35. The number of fused-ring (bicyclic) bond motifs is 1. The maximum Gasteiger partial charge on any atom is 0.264 e. The van der Waals surface area contributed by atoms with Gasteiger partial charge in [0.1, 0.15) is 18.4 Å². The van der Waals surface area contributed by atoms with Crippen LogP contribution >= 0.6 is 0 Å². The molecular formula is C35H45N3O11. The monoisotopic (exact) mass is 683 g/mol. The van der Waals surface area contributed by atoms with Gasteiger partial charge >= 0.3 is 0 Å². The van der Waals surface area contributed by atoms with Crippen LogP contribution in [0.2, 0.25) is 0 Å². The van der Waals surface area contributed by atoms with E-state index >= 15 is 0 Å². The summed E-state index contributed by atoms with van der Waals surface area (Å²) < 4.78 is 33.1. The van der Waals surface area contributed by atoms with Gasteiger partial charge in [-0.15, -0.1) is 0 Å². The Morgan fingerprint density at radius 2 is 1.31 bits per heavy atom. The van der Waals surface area contributed by atoms with Crippen molar-refractivity contribution in [1.29, 1.82) is 0 Å². The summed E-state index contributed by atoms with van der Waals surface area (Å²) in [4.78, 5) is 63.4. The number of piperidine rings is 1. The lowest BCUT2D eigenvalue weighted by Gasteiger charge is -2.27. The third-order valence-corrected chi connectivity index (χ3v) is 7.66. The number of ether oxygens (including phenoxy) is 6. The molecule has 0 aromatic heterocycles. The van der Waals surface area contributed by atoms with Gasteiger partial charge in [0.05, 0.1) is 76.3 Å². The molecule has 266 valence electrons. The van der Waals surface area contributed by atoms with Crippen LogP contribution in [-0.4, -0.2) is 113 Å². The minimum atomic E-state index is -1.07. The van der Waals surface area contributed by atoms with Gasteiger partial charge in [0.15, 0.2) is 0 Å². The predicted molar refractivity (Wildman–Crippen MR) is 176 cm³/mol. The smallest absolute Gasteiger partial charge is 0.264 e. The van der Waals surface area contributed by atoms with Crippen molar-refractivity contribution in [3.63, 3.8) is 0 Å². The van der Waals surface area contributed by atoms with Gasteiger partial charge < -0.3 is 33.7 Å². The van der Waals surface area contributed by atoms with Gasteiger partial charge in [0.2, 0.25) is 17.7 Å². The number of benzene rings is 2. The van der Waals surface area contributed by atoms with Crippen LogP contribution in [0.1, 0.15) is 59.2 Å². The molecule has 4 rings (SSSR count). The van der Waals surface area contributed by atoms with Crippen molar-refractivity contribution in [3.8, 4) is 5.75 Å². The molecule has 1 unspecified atom stereocenters. The zero-order chi connectivity index (χ0) is 34.7. The van der Waals surface area contributed by atoms with Gasteiger partial charge in [0.25, 0.3) is 11.8 Å². The lowest BCUT2D eigenvalue weighted by molar-refractivity contribution is -0.136. The first kappa shape index (κ1) is 37.6. The average molecular weight is 684 g/mol. The van der Waals surface area contributed by atoms with Crippen molar-refractivity contribution < 1.29 is 52.4 Å². The van der Waals surface area contributed by atoms with E-state index < -0.39 is 29.7 Å². The van der Waals surface area contributed by atoms with Gasteiger partial charge in [-0.25, -0.2) is 0 Å². The number of para-hydroxylation sites is 1. The third-order valence-electron chi connectivity index (χ3n) is 7.66. The fourth-order valence-electron chi connectivity index (χ4n) is 5.22. The highest BCUT2D eigenvalue weighted by atomic mass is 16.6. The first-order valence-corrected chi connectivity index (χ1v) is 16.7. The lowest BCUT2D eigenvalue weighted by Crippen LogP contribution is -2.54. The van der Waals surface area contributed by atoms with Crippen molar-refractivity contribution >= 4 is 35.2 Å². The Kier molecular flexibility index (Phi) is 16.1. The van der Waals surface area contributed by atoms with E-state index in [4.69, 9.17) is 28.4 Å². The molecule has 5 amide bonds. The number of hydrogen-bond acceptors (Lipinski definition) is 11. The summed E-state index contributed by atoms with van der Waals surface area (Å²) in [7, 11) is 0. The number of anilines is 1. The van der Waals surface area contributed by atoms with E-state index in [-0.39, 0.29) is 42.0 Å². The zero-order valence-corrected chi connectivity index (χ0v) is 27.7. The molecule has 1 saturated heterocycles. The summed E-state index contributed by atoms with van der Waals surface area (Å²) >= 11 is 0. The standard InChI is InChI=1S/C35H45N3O11/c39-30(36-28-11-7-10-27-32(28)35(43)38(34(27)42)29-13-14-31(40)37-33(29)41)12-5-2-6-15-44-16-17-45-18-19-46-20-21-47-22-23-48-24-25-49-26-8-3-1-4-9-26/h1,3-4,7-11,29H,2,5-6,12-25H2,(H,36,39)(H,37,40,41). The van der Waals surface area contributed by atoms with E-state index in [1.54, 1.807) is 12.1 Å². The maximum absolute atomic E-state index is 13.2. The maximum atomic E-state index is 13.2. The number of hydrogen-bond donors (Lipinski definition) is 2. The highest BCUT2D eigenvalue weighted by Crippen LogP contribution is 2.32. The molecule has 1 fully saturated rings. The molecule has 2 N–H and O–H groups in total. The molecule has 0 radical (unpaired) electrons. The fourth-order valence-corrected chi connectivity index (χ4v) is 5.22. The molecule has 49 heavy (non-hydrogen) atoms. The molecule has 2 aliphatic heterocycles. The van der Waals surface area contributed by atoms with Gasteiger partial charge in [-0.3, -0.25) is 34.2 Å². The van der Waals surface area contributed by atoms with Crippen LogP contribution < -0.4 is 15.4 Å². The van der Waals surface area contributed by atoms with Crippen LogP contribution in [0.15, 0.2) is 48.5 Å². The van der Waals surface area contributed by atoms with E-state index in [0.29, 0.717) is 79.1 Å². The molecule has 1 atom stereocenters. The van der Waals surface area contributed by atoms with Crippen molar-refractivity contribution in [2.24, 2.45) is 0 Å². The largest absolute Gasteiger partial charge is 0.491 e. The van der Waals surface area contributed by atoms with E-state index in [0.717, 1.165) is 23.5 Å². The van der Waals surface area contributed by atoms with E-state index in [1.165, 1.54) is 6.07 Å². The summed E-state index contributed by atoms with van der Waals surface area (Å²) in [5, 5.41) is 4.90. The minimum absolute atomic E-state index is 0.0324. The number of nitrogens with zero attached hydrogens (tertiary/aromatic N) is 1. The van der Waals surface area contributed by atoms with Crippen LogP contribution in [0.5, 0.6) is 5.75 Å². The first-order chi connectivity index (χ1) is 24.0. The van der Waals surface area contributed by atoms with Crippen LogP contribution in [0.25, 0.3) is 0 Å². The Bertz CT molecular complexity index is 1390. The lowest BCUT2D eigenvalue weighted by atomic mass is 10.0. The van der Waals surface area contributed by atoms with E-state index in [2.05, 4.69) is 10.6 Å². The molecule has 0 aliphatic carbocycles. The molecule has 2 aromatic carbocycles. The highest BCUT2D eigenvalue weighted by Gasteiger charge is 2.45. The van der Waals surface area contributed by atoms with E-state index in [1.807, 2.05) is 30.3 Å². The molecular weight excluding hydrogens is 638 g/mol. The Hall–Kier alpha value is -4.21. The molecule has 0 bridgehead atoms. The van der Waals surface area contributed by atoms with Crippen molar-refractivity contribution in [2.75, 3.05) is 78.0 Å². The Morgan fingerprint density at radius 3 is 1.94 bits per heavy atom. The Labute approximate surface area is 285 Å². The quantitative estimate of drug-likeness (QED) is 0.123. The predicted octanol–water partition coefficient (Wildman–Crippen LogP) is 2.75. The summed E-state index contributed by atoms with van der Waals surface area (Å²) in [6.45, 7) is 5.32.